The SMILES string of the molecule is N#Cc1ccc(CNC2CCCN(c3ccccc3C(N)=O)C2)cc1. The minimum atomic E-state index is -0.386. The van der Waals surface area contributed by atoms with Gasteiger partial charge in [0.1, 0.15) is 0 Å². The molecule has 0 bridgehead atoms. The molecule has 3 N–H and O–H groups in total. The molecule has 1 aliphatic rings. The molecule has 0 aromatic heterocycles. The van der Waals surface area contributed by atoms with Crippen LogP contribution in [0.15, 0.2) is 48.5 Å². The topological polar surface area (TPSA) is 82.2 Å². The summed E-state index contributed by atoms with van der Waals surface area (Å²) in [5.74, 6) is -0.386. The van der Waals surface area contributed by atoms with Gasteiger partial charge in [0.2, 0.25) is 0 Å². The van der Waals surface area contributed by atoms with Crippen molar-refractivity contribution in [2.75, 3.05) is 18.0 Å². The molecule has 0 spiro atoms. The number of rotatable bonds is 5. The molecule has 0 radical (unpaired) electrons. The Morgan fingerprint density at radius 3 is 2.72 bits per heavy atom. The van der Waals surface area contributed by atoms with Crippen molar-refractivity contribution in [1.82, 2.24) is 5.32 Å². The van der Waals surface area contributed by atoms with Gasteiger partial charge in [0.25, 0.3) is 5.91 Å². The third kappa shape index (κ3) is 4.17. The summed E-state index contributed by atoms with van der Waals surface area (Å²) in [5, 5.41) is 12.4. The van der Waals surface area contributed by atoms with Gasteiger partial charge >= 0.3 is 0 Å². The van der Waals surface area contributed by atoms with E-state index in [1.54, 1.807) is 6.07 Å². The number of benzene rings is 2. The Labute approximate surface area is 148 Å². The van der Waals surface area contributed by atoms with Gasteiger partial charge in [-0.2, -0.15) is 5.26 Å². The molecular formula is C20H22N4O. The summed E-state index contributed by atoms with van der Waals surface area (Å²) >= 11 is 0. The number of nitrogens with zero attached hydrogens (tertiary/aromatic N) is 2. The highest BCUT2D eigenvalue weighted by atomic mass is 16.1. The highest BCUT2D eigenvalue weighted by Crippen LogP contribution is 2.24. The lowest BCUT2D eigenvalue weighted by Crippen LogP contribution is -2.46. The van der Waals surface area contributed by atoms with E-state index in [0.29, 0.717) is 17.2 Å². The molecule has 5 nitrogen and oxygen atoms in total. The summed E-state index contributed by atoms with van der Waals surface area (Å²) in [5.41, 5.74) is 8.84. The predicted octanol–water partition coefficient (Wildman–Crippen LogP) is 2.42. The number of carbonyl (C=O) groups excluding carboxylic acids is 1. The van der Waals surface area contributed by atoms with E-state index in [-0.39, 0.29) is 5.91 Å². The largest absolute Gasteiger partial charge is 0.369 e. The minimum absolute atomic E-state index is 0.352. The van der Waals surface area contributed by atoms with Gasteiger partial charge in [0.05, 0.1) is 17.2 Å². The number of primary amides is 1. The molecule has 1 fully saturated rings. The second-order valence-corrected chi connectivity index (χ2v) is 6.36. The highest BCUT2D eigenvalue weighted by Gasteiger charge is 2.22. The van der Waals surface area contributed by atoms with E-state index in [1.165, 1.54) is 0 Å². The van der Waals surface area contributed by atoms with E-state index in [1.807, 2.05) is 42.5 Å². The maximum atomic E-state index is 11.7. The maximum Gasteiger partial charge on any atom is 0.250 e. The minimum Gasteiger partial charge on any atom is -0.369 e. The lowest BCUT2D eigenvalue weighted by molar-refractivity contribution is 0.100. The number of piperidine rings is 1. The Morgan fingerprint density at radius 1 is 1.24 bits per heavy atom. The number of carbonyl (C=O) groups is 1. The second kappa shape index (κ2) is 7.82. The first-order chi connectivity index (χ1) is 12.2. The fraction of sp³-hybridized carbons (Fsp3) is 0.300. The van der Waals surface area contributed by atoms with Gasteiger partial charge in [-0.25, -0.2) is 0 Å². The average molecular weight is 334 g/mol. The quantitative estimate of drug-likeness (QED) is 0.880. The van der Waals surface area contributed by atoms with E-state index < -0.39 is 0 Å². The van der Waals surface area contributed by atoms with Crippen LogP contribution in [0.1, 0.15) is 34.3 Å². The van der Waals surface area contributed by atoms with Gasteiger partial charge in [0, 0.05) is 31.4 Å². The molecule has 25 heavy (non-hydrogen) atoms. The molecule has 1 unspecified atom stereocenters. The lowest BCUT2D eigenvalue weighted by Gasteiger charge is -2.35. The van der Waals surface area contributed by atoms with Gasteiger partial charge in [-0.15, -0.1) is 0 Å². The van der Waals surface area contributed by atoms with Crippen molar-refractivity contribution in [3.05, 3.63) is 65.2 Å². The lowest BCUT2D eigenvalue weighted by atomic mass is 10.0. The summed E-state index contributed by atoms with van der Waals surface area (Å²) in [6, 6.07) is 17.7. The second-order valence-electron chi connectivity index (χ2n) is 6.36. The third-order valence-electron chi connectivity index (χ3n) is 4.61. The van der Waals surface area contributed by atoms with Crippen LogP contribution in [0.3, 0.4) is 0 Å². The molecular weight excluding hydrogens is 312 g/mol. The van der Waals surface area contributed by atoms with Crippen LogP contribution in [0.5, 0.6) is 0 Å². The Balaban J connectivity index is 1.63. The number of anilines is 1. The number of nitriles is 1. The van der Waals surface area contributed by atoms with E-state index in [4.69, 9.17) is 11.0 Å². The van der Waals surface area contributed by atoms with Crippen LogP contribution in [0, 0.1) is 11.3 Å². The van der Waals surface area contributed by atoms with Crippen molar-refractivity contribution in [1.29, 1.82) is 5.26 Å². The van der Waals surface area contributed by atoms with E-state index in [9.17, 15) is 4.79 Å². The molecule has 5 heteroatoms. The molecule has 1 atom stereocenters. The van der Waals surface area contributed by atoms with Crippen LogP contribution < -0.4 is 16.0 Å². The number of nitrogens with two attached hydrogens (primary N) is 1. The zero-order chi connectivity index (χ0) is 17.6. The van der Waals surface area contributed by atoms with Crippen LogP contribution in [0.25, 0.3) is 0 Å². The molecule has 2 aromatic carbocycles. The summed E-state index contributed by atoms with van der Waals surface area (Å²) in [6.45, 7) is 2.54. The van der Waals surface area contributed by atoms with Crippen molar-refractivity contribution in [3.63, 3.8) is 0 Å². The van der Waals surface area contributed by atoms with Gasteiger partial charge < -0.3 is 16.0 Å². The number of nitrogens with one attached hydrogen (secondary N) is 1. The van der Waals surface area contributed by atoms with Crippen LogP contribution in [0.4, 0.5) is 5.69 Å². The van der Waals surface area contributed by atoms with Crippen molar-refractivity contribution in [2.45, 2.75) is 25.4 Å². The normalized spacial score (nSPS) is 17.1. The number of amides is 1. The summed E-state index contributed by atoms with van der Waals surface area (Å²) in [7, 11) is 0. The van der Waals surface area contributed by atoms with Crippen molar-refractivity contribution in [2.24, 2.45) is 5.73 Å². The molecule has 1 heterocycles. The van der Waals surface area contributed by atoms with Gasteiger partial charge in [-0.1, -0.05) is 24.3 Å². The number of para-hydroxylation sites is 1. The smallest absolute Gasteiger partial charge is 0.250 e. The first kappa shape index (κ1) is 17.0. The molecule has 0 aliphatic carbocycles. The predicted molar refractivity (Wildman–Crippen MR) is 98.2 cm³/mol. The maximum absolute atomic E-state index is 11.7. The molecule has 1 saturated heterocycles. The standard InChI is InChI=1S/C20H22N4O/c21-12-15-7-9-16(10-8-15)13-23-17-4-3-11-24(14-17)19-6-2-1-5-18(19)20(22)25/h1-2,5-10,17,23H,3-4,11,13-14H2,(H2,22,25). The van der Waals surface area contributed by atoms with Crippen LogP contribution in [-0.2, 0) is 6.54 Å². The molecule has 1 aliphatic heterocycles. The van der Waals surface area contributed by atoms with E-state index in [0.717, 1.165) is 43.7 Å². The summed E-state index contributed by atoms with van der Waals surface area (Å²) in [6.07, 6.45) is 2.17. The molecule has 2 aromatic rings. The van der Waals surface area contributed by atoms with Crippen LogP contribution >= 0.6 is 0 Å². The Hall–Kier alpha value is -2.84. The molecule has 1 amide bonds. The fourth-order valence-corrected chi connectivity index (χ4v) is 3.28. The first-order valence-electron chi connectivity index (χ1n) is 8.53. The van der Waals surface area contributed by atoms with E-state index >= 15 is 0 Å². The third-order valence-corrected chi connectivity index (χ3v) is 4.61. The summed E-state index contributed by atoms with van der Waals surface area (Å²) in [4.78, 5) is 13.9. The van der Waals surface area contributed by atoms with Gasteiger partial charge in [-0.05, 0) is 42.7 Å². The van der Waals surface area contributed by atoms with Crippen molar-refractivity contribution in [3.8, 4) is 6.07 Å². The van der Waals surface area contributed by atoms with E-state index in [2.05, 4.69) is 16.3 Å². The fourth-order valence-electron chi connectivity index (χ4n) is 3.28. The first-order valence-corrected chi connectivity index (χ1v) is 8.53. The Bertz CT molecular complexity index is 779. The molecule has 128 valence electrons. The monoisotopic (exact) mass is 334 g/mol. The number of hydrogen-bond donors (Lipinski definition) is 2. The summed E-state index contributed by atoms with van der Waals surface area (Å²) < 4.78 is 0. The number of hydrogen-bond acceptors (Lipinski definition) is 4. The molecule has 3 rings (SSSR count). The van der Waals surface area contributed by atoms with Gasteiger partial charge in [-0.3, -0.25) is 4.79 Å². The average Bonchev–Trinajstić information content (AvgIpc) is 2.67. The zero-order valence-electron chi connectivity index (χ0n) is 14.1. The van der Waals surface area contributed by atoms with Crippen LogP contribution in [-0.4, -0.2) is 25.0 Å². The molecule has 0 saturated carbocycles. The van der Waals surface area contributed by atoms with Crippen molar-refractivity contribution >= 4 is 11.6 Å². The Kier molecular flexibility index (Phi) is 5.32. The highest BCUT2D eigenvalue weighted by molar-refractivity contribution is 5.98. The Morgan fingerprint density at radius 2 is 2.00 bits per heavy atom. The van der Waals surface area contributed by atoms with Gasteiger partial charge in [0.15, 0.2) is 0 Å². The zero-order valence-corrected chi connectivity index (χ0v) is 14.1. The van der Waals surface area contributed by atoms with Crippen LogP contribution in [0.2, 0.25) is 0 Å². The van der Waals surface area contributed by atoms with Crippen molar-refractivity contribution < 1.29 is 4.79 Å².